The third-order valence-electron chi connectivity index (χ3n) is 3.69. The second-order valence-corrected chi connectivity index (χ2v) is 5.18. The van der Waals surface area contributed by atoms with Crippen molar-refractivity contribution in [2.24, 2.45) is 0 Å². The highest BCUT2D eigenvalue weighted by Gasteiger charge is 2.09. The van der Waals surface area contributed by atoms with E-state index in [0.29, 0.717) is 6.42 Å². The van der Waals surface area contributed by atoms with Crippen molar-refractivity contribution in [3.05, 3.63) is 35.9 Å². The van der Waals surface area contributed by atoms with Gasteiger partial charge in [-0.3, -0.25) is 4.79 Å². The number of carbonyl (C=O) groups is 1. The normalized spacial score (nSPS) is 16.1. The van der Waals surface area contributed by atoms with Crippen LogP contribution in [0.1, 0.15) is 37.7 Å². The Morgan fingerprint density at radius 2 is 1.80 bits per heavy atom. The van der Waals surface area contributed by atoms with Gasteiger partial charge in [0.1, 0.15) is 0 Å². The monoisotopic (exact) mass is 273 g/mol. The molecule has 0 unspecified atom stereocenters. The van der Waals surface area contributed by atoms with E-state index in [1.165, 1.54) is 38.5 Å². The molecule has 1 aromatic rings. The lowest BCUT2D eigenvalue weighted by Crippen LogP contribution is -2.23. The molecule has 2 rings (SSSR count). The van der Waals surface area contributed by atoms with E-state index < -0.39 is 0 Å². The molecule has 1 aliphatic rings. The first-order valence-corrected chi connectivity index (χ1v) is 7.38. The number of hydrogen-bond donors (Lipinski definition) is 0. The van der Waals surface area contributed by atoms with E-state index in [1.807, 2.05) is 12.2 Å². The predicted molar refractivity (Wildman–Crippen MR) is 82.8 cm³/mol. The Balaban J connectivity index is 1.93. The summed E-state index contributed by atoms with van der Waals surface area (Å²) in [5, 5.41) is 0. The molecule has 0 bridgehead atoms. The molecule has 0 amide bonds. The van der Waals surface area contributed by atoms with Crippen LogP contribution in [0.4, 0.5) is 5.69 Å². The minimum Gasteiger partial charge on any atom is -0.469 e. The molecule has 1 aliphatic heterocycles. The number of methoxy groups -OCH3 is 1. The smallest absolute Gasteiger partial charge is 0.309 e. The molecular weight excluding hydrogens is 250 g/mol. The van der Waals surface area contributed by atoms with Gasteiger partial charge in [-0.2, -0.15) is 0 Å². The van der Waals surface area contributed by atoms with Crippen molar-refractivity contribution >= 4 is 17.7 Å². The van der Waals surface area contributed by atoms with Crippen LogP contribution in [-0.4, -0.2) is 26.2 Å². The Labute approximate surface area is 121 Å². The van der Waals surface area contributed by atoms with Gasteiger partial charge in [-0.1, -0.05) is 37.1 Å². The van der Waals surface area contributed by atoms with Crippen molar-refractivity contribution in [2.75, 3.05) is 25.1 Å². The highest BCUT2D eigenvalue weighted by atomic mass is 16.5. The molecule has 0 N–H and O–H groups in total. The van der Waals surface area contributed by atoms with Crippen LogP contribution in [0.3, 0.4) is 0 Å². The zero-order chi connectivity index (χ0) is 14.2. The second kappa shape index (κ2) is 7.73. The van der Waals surface area contributed by atoms with Crippen LogP contribution in [0.5, 0.6) is 0 Å². The summed E-state index contributed by atoms with van der Waals surface area (Å²) in [6.07, 6.45) is 9.41. The summed E-state index contributed by atoms with van der Waals surface area (Å²) in [4.78, 5) is 13.5. The third kappa shape index (κ3) is 4.41. The minimum absolute atomic E-state index is 0.206. The largest absolute Gasteiger partial charge is 0.469 e. The van der Waals surface area contributed by atoms with Crippen molar-refractivity contribution < 1.29 is 9.53 Å². The highest BCUT2D eigenvalue weighted by Crippen LogP contribution is 2.20. The van der Waals surface area contributed by atoms with E-state index in [-0.39, 0.29) is 5.97 Å². The van der Waals surface area contributed by atoms with Gasteiger partial charge >= 0.3 is 5.97 Å². The molecule has 0 aliphatic carbocycles. The summed E-state index contributed by atoms with van der Waals surface area (Å²) in [6.45, 7) is 2.33. The van der Waals surface area contributed by atoms with Crippen molar-refractivity contribution in [1.29, 1.82) is 0 Å². The van der Waals surface area contributed by atoms with Gasteiger partial charge in [-0.15, -0.1) is 0 Å². The fraction of sp³-hybridized carbons (Fsp3) is 0.471. The van der Waals surface area contributed by atoms with E-state index in [0.717, 1.165) is 18.7 Å². The van der Waals surface area contributed by atoms with Crippen molar-refractivity contribution in [1.82, 2.24) is 0 Å². The highest BCUT2D eigenvalue weighted by molar-refractivity contribution is 5.72. The zero-order valence-corrected chi connectivity index (χ0v) is 12.2. The number of ether oxygens (including phenoxy) is 1. The van der Waals surface area contributed by atoms with Crippen molar-refractivity contribution in [3.8, 4) is 0 Å². The second-order valence-electron chi connectivity index (χ2n) is 5.18. The molecule has 20 heavy (non-hydrogen) atoms. The fourth-order valence-electron chi connectivity index (χ4n) is 2.50. The molecule has 108 valence electrons. The lowest BCUT2D eigenvalue weighted by Gasteiger charge is -2.22. The van der Waals surface area contributed by atoms with E-state index in [4.69, 9.17) is 0 Å². The molecule has 3 heteroatoms. The van der Waals surface area contributed by atoms with Gasteiger partial charge in [0.2, 0.25) is 0 Å². The maximum atomic E-state index is 11.0. The number of hydrogen-bond acceptors (Lipinski definition) is 3. The molecular formula is C17H23NO2. The average Bonchev–Trinajstić information content (AvgIpc) is 2.77. The molecule has 3 nitrogen and oxygen atoms in total. The Morgan fingerprint density at radius 1 is 1.15 bits per heavy atom. The number of rotatable bonds is 4. The van der Waals surface area contributed by atoms with Gasteiger partial charge in [0, 0.05) is 18.8 Å². The quantitative estimate of drug-likeness (QED) is 0.784. The van der Waals surface area contributed by atoms with Crippen molar-refractivity contribution in [3.63, 3.8) is 0 Å². The van der Waals surface area contributed by atoms with E-state index in [2.05, 4.69) is 33.9 Å². The number of anilines is 1. The third-order valence-corrected chi connectivity index (χ3v) is 3.69. The first-order chi connectivity index (χ1) is 9.79. The molecule has 1 saturated heterocycles. The summed E-state index contributed by atoms with van der Waals surface area (Å²) < 4.78 is 4.60. The number of nitrogens with zero attached hydrogens (tertiary/aromatic N) is 1. The van der Waals surface area contributed by atoms with Crippen LogP contribution < -0.4 is 4.90 Å². The summed E-state index contributed by atoms with van der Waals surface area (Å²) in [7, 11) is 1.41. The van der Waals surface area contributed by atoms with Crippen LogP contribution in [0.2, 0.25) is 0 Å². The maximum Gasteiger partial charge on any atom is 0.309 e. The summed E-state index contributed by atoms with van der Waals surface area (Å²) in [5.41, 5.74) is 2.42. The average molecular weight is 273 g/mol. The van der Waals surface area contributed by atoms with Gasteiger partial charge in [0.05, 0.1) is 13.5 Å². The first kappa shape index (κ1) is 14.6. The zero-order valence-electron chi connectivity index (χ0n) is 12.2. The first-order valence-electron chi connectivity index (χ1n) is 7.38. The predicted octanol–water partition coefficient (Wildman–Crippen LogP) is 3.64. The molecule has 1 heterocycles. The Morgan fingerprint density at radius 3 is 2.40 bits per heavy atom. The standard InChI is InChI=1S/C17H23NO2/c1-20-17(19)8-6-7-15-9-11-16(12-10-15)18-13-4-2-3-5-14-18/h6-7,9-12H,2-5,8,13-14H2,1H3/b7-6+. The molecule has 0 atom stereocenters. The fourth-order valence-corrected chi connectivity index (χ4v) is 2.50. The summed E-state index contributed by atoms with van der Waals surface area (Å²) in [5.74, 6) is -0.206. The van der Waals surface area contributed by atoms with Crippen molar-refractivity contribution in [2.45, 2.75) is 32.1 Å². The SMILES string of the molecule is COC(=O)C/C=C/c1ccc(N2CCCCCC2)cc1. The van der Waals surface area contributed by atoms with Gasteiger partial charge in [0.15, 0.2) is 0 Å². The lowest BCUT2D eigenvalue weighted by molar-refractivity contribution is -0.139. The maximum absolute atomic E-state index is 11.0. The van der Waals surface area contributed by atoms with E-state index >= 15 is 0 Å². The minimum atomic E-state index is -0.206. The number of benzene rings is 1. The molecule has 0 radical (unpaired) electrons. The molecule has 0 aromatic heterocycles. The van der Waals surface area contributed by atoms with Gasteiger partial charge in [0.25, 0.3) is 0 Å². The molecule has 0 saturated carbocycles. The van der Waals surface area contributed by atoms with Crippen LogP contribution in [0.25, 0.3) is 6.08 Å². The molecule has 1 aromatic carbocycles. The van der Waals surface area contributed by atoms with Gasteiger partial charge in [-0.05, 0) is 30.5 Å². The number of carbonyl (C=O) groups excluding carboxylic acids is 1. The van der Waals surface area contributed by atoms with Crippen LogP contribution in [-0.2, 0) is 9.53 Å². The van der Waals surface area contributed by atoms with Gasteiger partial charge < -0.3 is 9.64 Å². The Hall–Kier alpha value is -1.77. The molecule has 0 spiro atoms. The van der Waals surface area contributed by atoms with Gasteiger partial charge in [-0.25, -0.2) is 0 Å². The van der Waals surface area contributed by atoms with Crippen LogP contribution >= 0.6 is 0 Å². The Kier molecular flexibility index (Phi) is 5.66. The van der Waals surface area contributed by atoms with Crippen LogP contribution in [0.15, 0.2) is 30.3 Å². The molecule has 1 fully saturated rings. The summed E-state index contributed by atoms with van der Waals surface area (Å²) >= 11 is 0. The summed E-state index contributed by atoms with van der Waals surface area (Å²) in [6, 6.07) is 8.55. The number of esters is 1. The van der Waals surface area contributed by atoms with E-state index in [9.17, 15) is 4.79 Å². The van der Waals surface area contributed by atoms with Crippen LogP contribution in [0, 0.1) is 0 Å². The topological polar surface area (TPSA) is 29.5 Å². The van der Waals surface area contributed by atoms with E-state index in [1.54, 1.807) is 0 Å². The lowest BCUT2D eigenvalue weighted by atomic mass is 10.1. The Bertz CT molecular complexity index is 443.